The van der Waals surface area contributed by atoms with Crippen molar-refractivity contribution < 1.29 is 9.31 Å². The van der Waals surface area contributed by atoms with E-state index in [2.05, 4.69) is 30.0 Å². The lowest BCUT2D eigenvalue weighted by molar-refractivity contribution is -0.493. The van der Waals surface area contributed by atoms with Crippen molar-refractivity contribution in [2.45, 2.75) is 6.42 Å². The molecular formula is C11H14NO+. The van der Waals surface area contributed by atoms with Crippen molar-refractivity contribution in [2.75, 3.05) is 20.7 Å². The molecule has 1 aliphatic rings. The van der Waals surface area contributed by atoms with E-state index >= 15 is 0 Å². The van der Waals surface area contributed by atoms with Crippen LogP contribution in [0.25, 0.3) is 0 Å². The highest BCUT2D eigenvalue weighted by Crippen LogP contribution is 2.18. The van der Waals surface area contributed by atoms with E-state index in [1.54, 1.807) is 7.11 Å². The van der Waals surface area contributed by atoms with E-state index in [-0.39, 0.29) is 0 Å². The Kier molecular flexibility index (Phi) is 2.05. The molecular weight excluding hydrogens is 162 g/mol. The van der Waals surface area contributed by atoms with Crippen LogP contribution in [-0.4, -0.2) is 31.5 Å². The Bertz CT molecular complexity index is 355. The molecule has 0 aliphatic carbocycles. The number of ether oxygens (including phenoxy) is 1. The van der Waals surface area contributed by atoms with Gasteiger partial charge in [-0.3, -0.25) is 0 Å². The molecule has 0 aromatic heterocycles. The second-order valence-corrected chi connectivity index (χ2v) is 3.42. The molecule has 0 bridgehead atoms. The van der Waals surface area contributed by atoms with Gasteiger partial charge in [0, 0.05) is 12.0 Å². The van der Waals surface area contributed by atoms with E-state index in [1.807, 2.05) is 6.07 Å². The Morgan fingerprint density at radius 1 is 1.38 bits per heavy atom. The third-order valence-corrected chi connectivity index (χ3v) is 2.44. The van der Waals surface area contributed by atoms with Gasteiger partial charge in [-0.25, -0.2) is 4.58 Å². The first kappa shape index (κ1) is 8.30. The fraction of sp³-hybridized carbons (Fsp3) is 0.364. The van der Waals surface area contributed by atoms with E-state index < -0.39 is 0 Å². The number of methoxy groups -OCH3 is 1. The van der Waals surface area contributed by atoms with Gasteiger partial charge in [-0.05, 0) is 23.8 Å². The van der Waals surface area contributed by atoms with Gasteiger partial charge in [0.1, 0.15) is 19.3 Å². The molecule has 68 valence electrons. The molecule has 1 aromatic rings. The van der Waals surface area contributed by atoms with Crippen LogP contribution in [0.3, 0.4) is 0 Å². The minimum Gasteiger partial charge on any atom is -0.497 e. The second-order valence-electron chi connectivity index (χ2n) is 3.42. The number of benzene rings is 1. The second kappa shape index (κ2) is 3.21. The maximum atomic E-state index is 5.18. The molecule has 2 rings (SSSR count). The van der Waals surface area contributed by atoms with Crippen molar-refractivity contribution in [1.29, 1.82) is 0 Å². The third kappa shape index (κ3) is 1.57. The quantitative estimate of drug-likeness (QED) is 0.588. The normalized spacial score (nSPS) is 14.8. The Balaban J connectivity index is 2.43. The van der Waals surface area contributed by atoms with Crippen molar-refractivity contribution in [3.8, 4) is 5.75 Å². The molecule has 1 aliphatic heterocycles. The van der Waals surface area contributed by atoms with Gasteiger partial charge in [0.25, 0.3) is 0 Å². The van der Waals surface area contributed by atoms with Gasteiger partial charge in [0.15, 0.2) is 6.21 Å². The van der Waals surface area contributed by atoms with Crippen LogP contribution >= 0.6 is 0 Å². The maximum absolute atomic E-state index is 5.18. The first-order valence-corrected chi connectivity index (χ1v) is 4.51. The highest BCUT2D eigenvalue weighted by Gasteiger charge is 2.12. The maximum Gasteiger partial charge on any atom is 0.170 e. The lowest BCUT2D eigenvalue weighted by Crippen LogP contribution is -2.18. The number of likely N-dealkylation sites (N-methyl/N-ethyl adjacent to an activating group) is 1. The summed E-state index contributed by atoms with van der Waals surface area (Å²) in [7, 11) is 3.81. The molecule has 13 heavy (non-hydrogen) atoms. The summed E-state index contributed by atoms with van der Waals surface area (Å²) in [5.41, 5.74) is 2.70. The van der Waals surface area contributed by atoms with Gasteiger partial charge in [-0.2, -0.15) is 0 Å². The molecule has 0 N–H and O–H groups in total. The highest BCUT2D eigenvalue weighted by molar-refractivity contribution is 5.79. The van der Waals surface area contributed by atoms with Gasteiger partial charge in [0.2, 0.25) is 0 Å². The van der Waals surface area contributed by atoms with E-state index in [0.717, 1.165) is 18.7 Å². The van der Waals surface area contributed by atoms with Crippen molar-refractivity contribution >= 4 is 6.21 Å². The smallest absolute Gasteiger partial charge is 0.170 e. The fourth-order valence-electron chi connectivity index (χ4n) is 1.65. The first-order chi connectivity index (χ1) is 6.29. The molecule has 0 radical (unpaired) electrons. The fourth-order valence-corrected chi connectivity index (χ4v) is 1.65. The monoisotopic (exact) mass is 176 g/mol. The largest absolute Gasteiger partial charge is 0.497 e. The van der Waals surface area contributed by atoms with Crippen LogP contribution in [0.2, 0.25) is 0 Å². The van der Waals surface area contributed by atoms with E-state index in [9.17, 15) is 0 Å². The average Bonchev–Trinajstić information content (AvgIpc) is 2.17. The van der Waals surface area contributed by atoms with Crippen LogP contribution in [0.5, 0.6) is 5.75 Å². The number of hydrogen-bond donors (Lipinski definition) is 0. The standard InChI is InChI=1S/C11H14NO/c1-12-6-5-9-7-11(13-2)4-3-10(9)8-12/h3-4,7-8H,5-6H2,1-2H3/q+1. The minimum absolute atomic E-state index is 0.955. The van der Waals surface area contributed by atoms with Gasteiger partial charge >= 0.3 is 0 Å². The lowest BCUT2D eigenvalue weighted by Gasteiger charge is -2.10. The van der Waals surface area contributed by atoms with E-state index in [0.29, 0.717) is 0 Å². The summed E-state index contributed by atoms with van der Waals surface area (Å²) in [6.07, 6.45) is 3.29. The van der Waals surface area contributed by atoms with Crippen molar-refractivity contribution in [1.82, 2.24) is 0 Å². The Morgan fingerprint density at radius 3 is 3.00 bits per heavy atom. The average molecular weight is 176 g/mol. The predicted octanol–water partition coefficient (Wildman–Crippen LogP) is 1.31. The van der Waals surface area contributed by atoms with Crippen LogP contribution in [0, 0.1) is 0 Å². The summed E-state index contributed by atoms with van der Waals surface area (Å²) >= 11 is 0. The number of rotatable bonds is 1. The Labute approximate surface area is 78.5 Å². The Hall–Kier alpha value is -1.31. The molecule has 0 spiro atoms. The van der Waals surface area contributed by atoms with Crippen LogP contribution in [0.1, 0.15) is 11.1 Å². The summed E-state index contributed by atoms with van der Waals surface area (Å²) in [4.78, 5) is 0. The first-order valence-electron chi connectivity index (χ1n) is 4.51. The topological polar surface area (TPSA) is 12.2 Å². The minimum atomic E-state index is 0.955. The molecule has 1 heterocycles. The summed E-state index contributed by atoms with van der Waals surface area (Å²) in [6, 6.07) is 6.25. The van der Waals surface area contributed by atoms with Gasteiger partial charge in [-0.1, -0.05) is 0 Å². The van der Waals surface area contributed by atoms with Crippen LogP contribution in [0.15, 0.2) is 18.2 Å². The number of fused-ring (bicyclic) bond motifs is 1. The van der Waals surface area contributed by atoms with Crippen LogP contribution in [-0.2, 0) is 6.42 Å². The molecule has 0 atom stereocenters. The van der Waals surface area contributed by atoms with Crippen molar-refractivity contribution in [3.05, 3.63) is 29.3 Å². The lowest BCUT2D eigenvalue weighted by atomic mass is 10.0. The zero-order valence-electron chi connectivity index (χ0n) is 8.08. The van der Waals surface area contributed by atoms with Gasteiger partial charge in [0.05, 0.1) is 7.11 Å². The molecule has 1 aromatic carbocycles. The molecule has 0 fully saturated rings. The van der Waals surface area contributed by atoms with E-state index in [1.165, 1.54) is 11.1 Å². The molecule has 2 heteroatoms. The summed E-state index contributed by atoms with van der Waals surface area (Å²) < 4.78 is 7.40. The van der Waals surface area contributed by atoms with E-state index in [4.69, 9.17) is 4.74 Å². The zero-order chi connectivity index (χ0) is 9.26. The SMILES string of the molecule is COc1ccc2c(c1)CC[N+](C)=C2. The number of hydrogen-bond acceptors (Lipinski definition) is 1. The zero-order valence-corrected chi connectivity index (χ0v) is 8.08. The third-order valence-electron chi connectivity index (χ3n) is 2.44. The number of nitrogens with zero attached hydrogens (tertiary/aromatic N) is 1. The summed E-state index contributed by atoms with van der Waals surface area (Å²) in [5.74, 6) is 0.955. The predicted molar refractivity (Wildman–Crippen MR) is 52.9 cm³/mol. The van der Waals surface area contributed by atoms with Crippen LogP contribution < -0.4 is 4.74 Å². The van der Waals surface area contributed by atoms with Gasteiger partial charge in [-0.15, -0.1) is 0 Å². The molecule has 0 saturated heterocycles. The van der Waals surface area contributed by atoms with Crippen LogP contribution in [0.4, 0.5) is 0 Å². The van der Waals surface area contributed by atoms with Gasteiger partial charge < -0.3 is 4.74 Å². The molecule has 0 saturated carbocycles. The summed E-state index contributed by atoms with van der Waals surface area (Å²) in [5, 5.41) is 0. The summed E-state index contributed by atoms with van der Waals surface area (Å²) in [6.45, 7) is 1.10. The molecule has 0 amide bonds. The Morgan fingerprint density at radius 2 is 2.23 bits per heavy atom. The highest BCUT2D eigenvalue weighted by atomic mass is 16.5. The molecule has 2 nitrogen and oxygen atoms in total. The van der Waals surface area contributed by atoms with Crippen molar-refractivity contribution in [2.24, 2.45) is 0 Å². The van der Waals surface area contributed by atoms with Crippen molar-refractivity contribution in [3.63, 3.8) is 0 Å². The molecule has 0 unspecified atom stereocenters.